The second kappa shape index (κ2) is 6.03. The molecule has 1 aliphatic heterocycles. The van der Waals surface area contributed by atoms with Gasteiger partial charge in [-0.3, -0.25) is 4.79 Å². The first-order chi connectivity index (χ1) is 9.87. The van der Waals surface area contributed by atoms with E-state index < -0.39 is 22.0 Å². The van der Waals surface area contributed by atoms with Crippen molar-refractivity contribution in [2.24, 2.45) is 0 Å². The molecule has 0 saturated carbocycles. The van der Waals surface area contributed by atoms with Crippen LogP contribution in [0.3, 0.4) is 0 Å². The number of rotatable bonds is 4. The lowest BCUT2D eigenvalue weighted by atomic mass is 10.1. The van der Waals surface area contributed by atoms with Gasteiger partial charge in [0.05, 0.1) is 12.0 Å². The molecule has 1 heterocycles. The number of benzene rings is 1. The average Bonchev–Trinajstić information content (AvgIpc) is 2.46. The summed E-state index contributed by atoms with van der Waals surface area (Å²) in [7, 11) is -2.31. The predicted octanol–water partition coefficient (Wildman–Crippen LogP) is 1.63. The van der Waals surface area contributed by atoms with Crippen molar-refractivity contribution < 1.29 is 23.1 Å². The van der Waals surface area contributed by atoms with E-state index in [4.69, 9.17) is 4.74 Å². The number of carboxylic acids is 1. The number of carbonyl (C=O) groups is 1. The molecule has 116 valence electrons. The van der Waals surface area contributed by atoms with Crippen molar-refractivity contribution >= 4 is 16.0 Å². The normalized spacial score (nSPS) is 20.2. The van der Waals surface area contributed by atoms with Gasteiger partial charge in [0, 0.05) is 6.54 Å². The minimum atomic E-state index is -3.81. The second-order valence-electron chi connectivity index (χ2n) is 5.10. The van der Waals surface area contributed by atoms with Gasteiger partial charge in [0.1, 0.15) is 11.8 Å². The van der Waals surface area contributed by atoms with Crippen LogP contribution in [-0.2, 0) is 14.8 Å². The summed E-state index contributed by atoms with van der Waals surface area (Å²) in [6, 6.07) is 3.69. The van der Waals surface area contributed by atoms with Gasteiger partial charge in [0.2, 0.25) is 10.0 Å². The summed E-state index contributed by atoms with van der Waals surface area (Å²) in [5.74, 6) is -0.524. The van der Waals surface area contributed by atoms with E-state index in [9.17, 15) is 18.3 Å². The van der Waals surface area contributed by atoms with Gasteiger partial charge < -0.3 is 9.84 Å². The highest BCUT2D eigenvalue weighted by molar-refractivity contribution is 7.89. The van der Waals surface area contributed by atoms with Gasteiger partial charge in [-0.25, -0.2) is 8.42 Å². The summed E-state index contributed by atoms with van der Waals surface area (Å²) in [5, 5.41) is 9.24. The Balaban J connectivity index is 2.43. The Labute approximate surface area is 124 Å². The van der Waals surface area contributed by atoms with Crippen LogP contribution < -0.4 is 4.74 Å². The highest BCUT2D eigenvalue weighted by Crippen LogP contribution is 2.29. The lowest BCUT2D eigenvalue weighted by Gasteiger charge is -2.32. The van der Waals surface area contributed by atoms with Crippen LogP contribution in [0.2, 0.25) is 0 Å². The zero-order chi connectivity index (χ0) is 15.6. The molecular weight excluding hydrogens is 294 g/mol. The maximum atomic E-state index is 12.7. The molecule has 1 aromatic carbocycles. The Morgan fingerprint density at radius 3 is 2.67 bits per heavy atom. The molecule has 0 amide bonds. The smallest absolute Gasteiger partial charge is 0.322 e. The molecule has 0 aliphatic carbocycles. The molecule has 1 N–H and O–H groups in total. The number of carboxylic acid groups (broad SMARTS) is 1. The second-order valence-corrected chi connectivity index (χ2v) is 6.96. The monoisotopic (exact) mass is 313 g/mol. The lowest BCUT2D eigenvalue weighted by molar-refractivity contribution is -0.142. The summed E-state index contributed by atoms with van der Waals surface area (Å²) in [6.07, 6.45) is 1.76. The fourth-order valence-corrected chi connectivity index (χ4v) is 4.46. The Hall–Kier alpha value is -1.60. The number of ether oxygens (including phenoxy) is 1. The van der Waals surface area contributed by atoms with E-state index in [1.807, 2.05) is 0 Å². The van der Waals surface area contributed by atoms with Crippen LogP contribution in [0.1, 0.15) is 24.8 Å². The Morgan fingerprint density at radius 1 is 1.38 bits per heavy atom. The molecule has 7 heteroatoms. The number of hydrogen-bond acceptors (Lipinski definition) is 4. The third kappa shape index (κ3) is 3.03. The Morgan fingerprint density at radius 2 is 2.10 bits per heavy atom. The molecule has 6 nitrogen and oxygen atoms in total. The van der Waals surface area contributed by atoms with E-state index >= 15 is 0 Å². The van der Waals surface area contributed by atoms with E-state index in [-0.39, 0.29) is 11.4 Å². The van der Waals surface area contributed by atoms with Crippen molar-refractivity contribution in [3.8, 4) is 5.75 Å². The first-order valence-corrected chi connectivity index (χ1v) is 8.21. The molecule has 0 aromatic heterocycles. The third-order valence-corrected chi connectivity index (χ3v) is 5.78. The maximum absolute atomic E-state index is 12.7. The number of hydrogen-bond donors (Lipinski definition) is 1. The Bertz CT molecular complexity index is 641. The van der Waals surface area contributed by atoms with Crippen molar-refractivity contribution in [3.63, 3.8) is 0 Å². The standard InChI is InChI=1S/C14H19NO5S/c1-10-9-11(20-2)6-7-13(10)21(18,19)15-8-4-3-5-12(15)14(16)17/h6-7,9,12H,3-5,8H2,1-2H3,(H,16,17). The summed E-state index contributed by atoms with van der Waals surface area (Å²) in [6.45, 7) is 1.92. The highest BCUT2D eigenvalue weighted by atomic mass is 32.2. The largest absolute Gasteiger partial charge is 0.497 e. The number of methoxy groups -OCH3 is 1. The number of aliphatic carboxylic acids is 1. The number of piperidine rings is 1. The van der Waals surface area contributed by atoms with Gasteiger partial charge in [-0.15, -0.1) is 0 Å². The van der Waals surface area contributed by atoms with Gasteiger partial charge >= 0.3 is 5.97 Å². The summed E-state index contributed by atoms with van der Waals surface area (Å²) >= 11 is 0. The molecule has 0 radical (unpaired) electrons. The molecule has 1 aliphatic rings. The summed E-state index contributed by atoms with van der Waals surface area (Å²) in [5.41, 5.74) is 0.545. The molecule has 2 rings (SSSR count). The number of aryl methyl sites for hydroxylation is 1. The van der Waals surface area contributed by atoms with Crippen LogP contribution in [0.15, 0.2) is 23.1 Å². The minimum Gasteiger partial charge on any atom is -0.497 e. The highest BCUT2D eigenvalue weighted by Gasteiger charge is 2.38. The van der Waals surface area contributed by atoms with Crippen LogP contribution in [0.4, 0.5) is 0 Å². The SMILES string of the molecule is COc1ccc(S(=O)(=O)N2CCCCC2C(=O)O)c(C)c1. The lowest BCUT2D eigenvalue weighted by Crippen LogP contribution is -2.47. The molecule has 21 heavy (non-hydrogen) atoms. The van der Waals surface area contributed by atoms with Crippen molar-refractivity contribution in [1.29, 1.82) is 0 Å². The van der Waals surface area contributed by atoms with Gasteiger partial charge in [-0.2, -0.15) is 4.31 Å². The molecule has 1 aromatic rings. The zero-order valence-electron chi connectivity index (χ0n) is 12.1. The van der Waals surface area contributed by atoms with E-state index in [0.29, 0.717) is 24.2 Å². The predicted molar refractivity (Wildman–Crippen MR) is 76.9 cm³/mol. The third-order valence-electron chi connectivity index (χ3n) is 3.71. The first kappa shape index (κ1) is 15.8. The molecular formula is C14H19NO5S. The average molecular weight is 313 g/mol. The molecule has 1 atom stereocenters. The molecule has 1 saturated heterocycles. The fourth-order valence-electron chi connectivity index (χ4n) is 2.60. The first-order valence-electron chi connectivity index (χ1n) is 6.77. The van der Waals surface area contributed by atoms with E-state index in [1.54, 1.807) is 19.1 Å². The molecule has 0 spiro atoms. The van der Waals surface area contributed by atoms with Gasteiger partial charge in [0.15, 0.2) is 0 Å². The molecule has 0 bridgehead atoms. The van der Waals surface area contributed by atoms with Crippen LogP contribution in [-0.4, -0.2) is 43.5 Å². The van der Waals surface area contributed by atoms with Gasteiger partial charge in [-0.1, -0.05) is 0 Å². The van der Waals surface area contributed by atoms with Crippen LogP contribution in [0.5, 0.6) is 5.75 Å². The Kier molecular flexibility index (Phi) is 4.53. The minimum absolute atomic E-state index is 0.136. The van der Waals surface area contributed by atoms with E-state index in [2.05, 4.69) is 0 Å². The zero-order valence-corrected chi connectivity index (χ0v) is 12.9. The topological polar surface area (TPSA) is 83.9 Å². The fraction of sp³-hybridized carbons (Fsp3) is 0.500. The number of sulfonamides is 1. The van der Waals surface area contributed by atoms with Crippen molar-refractivity contribution in [2.45, 2.75) is 37.1 Å². The van der Waals surface area contributed by atoms with Crippen molar-refractivity contribution in [1.82, 2.24) is 4.31 Å². The van der Waals surface area contributed by atoms with Gasteiger partial charge in [0.25, 0.3) is 0 Å². The molecule has 1 fully saturated rings. The summed E-state index contributed by atoms with van der Waals surface area (Å²) < 4.78 is 31.7. The maximum Gasteiger partial charge on any atom is 0.322 e. The van der Waals surface area contributed by atoms with Crippen LogP contribution in [0.25, 0.3) is 0 Å². The van der Waals surface area contributed by atoms with Gasteiger partial charge in [-0.05, 0) is 49.9 Å². The van der Waals surface area contributed by atoms with Crippen molar-refractivity contribution in [2.75, 3.05) is 13.7 Å². The van der Waals surface area contributed by atoms with E-state index in [1.165, 1.54) is 13.2 Å². The number of nitrogens with zero attached hydrogens (tertiary/aromatic N) is 1. The van der Waals surface area contributed by atoms with Crippen LogP contribution >= 0.6 is 0 Å². The quantitative estimate of drug-likeness (QED) is 0.913. The van der Waals surface area contributed by atoms with E-state index in [0.717, 1.165) is 10.7 Å². The van der Waals surface area contributed by atoms with Crippen LogP contribution in [0, 0.1) is 6.92 Å². The molecule has 1 unspecified atom stereocenters. The van der Waals surface area contributed by atoms with Crippen molar-refractivity contribution in [3.05, 3.63) is 23.8 Å². The summed E-state index contributed by atoms with van der Waals surface area (Å²) in [4.78, 5) is 11.4.